The van der Waals surface area contributed by atoms with E-state index >= 15 is 0 Å². The Balaban J connectivity index is 1.85. The highest BCUT2D eigenvalue weighted by Gasteiger charge is 2.31. The predicted octanol–water partition coefficient (Wildman–Crippen LogP) is 2.64. The van der Waals surface area contributed by atoms with Crippen LogP contribution in [0.25, 0.3) is 0 Å². The Morgan fingerprint density at radius 1 is 1.30 bits per heavy atom. The molecule has 0 aromatic heterocycles. The van der Waals surface area contributed by atoms with Gasteiger partial charge in [0.25, 0.3) is 0 Å². The van der Waals surface area contributed by atoms with E-state index in [1.54, 1.807) is 0 Å². The van der Waals surface area contributed by atoms with E-state index in [0.717, 1.165) is 31.7 Å². The molecule has 1 aromatic rings. The predicted molar refractivity (Wildman–Crippen MR) is 92.9 cm³/mol. The zero-order chi connectivity index (χ0) is 16.9. The number of aliphatic hydroxyl groups is 2. The van der Waals surface area contributed by atoms with Crippen molar-refractivity contribution in [2.45, 2.75) is 45.6 Å². The summed E-state index contributed by atoms with van der Waals surface area (Å²) in [5.74, 6) is 1.26. The van der Waals surface area contributed by atoms with Gasteiger partial charge >= 0.3 is 0 Å². The van der Waals surface area contributed by atoms with Gasteiger partial charge in [-0.1, -0.05) is 39.0 Å². The van der Waals surface area contributed by atoms with Crippen LogP contribution in [0.5, 0.6) is 5.75 Å². The number of rotatable bonds is 7. The number of ether oxygens (including phenoxy) is 1. The first-order valence-corrected chi connectivity index (χ1v) is 8.66. The molecule has 1 aliphatic heterocycles. The molecule has 1 saturated heterocycles. The molecule has 2 unspecified atom stereocenters. The minimum atomic E-state index is -0.517. The standard InChI is InChI=1S/C19H31NO3/c1-15(2)17-7-4-5-8-18(17)23-12-16(22)11-20-10-6-9-19(3,13-20)14-21/h4-5,7-8,15-16,21-22H,6,9-14H2,1-3H3. The van der Waals surface area contributed by atoms with Gasteiger partial charge < -0.3 is 19.8 Å². The Bertz CT molecular complexity index is 491. The molecule has 1 aliphatic rings. The number of piperidine rings is 1. The highest BCUT2D eigenvalue weighted by Crippen LogP contribution is 2.29. The van der Waals surface area contributed by atoms with E-state index in [2.05, 4.69) is 31.7 Å². The van der Waals surface area contributed by atoms with E-state index in [1.807, 2.05) is 18.2 Å². The van der Waals surface area contributed by atoms with Crippen LogP contribution in [-0.2, 0) is 0 Å². The molecule has 1 aromatic carbocycles. The first kappa shape index (κ1) is 18.2. The van der Waals surface area contributed by atoms with Crippen molar-refractivity contribution in [2.75, 3.05) is 32.8 Å². The van der Waals surface area contributed by atoms with Gasteiger partial charge in [-0.05, 0) is 36.9 Å². The number of hydrogen-bond acceptors (Lipinski definition) is 4. The number of benzene rings is 1. The van der Waals surface area contributed by atoms with Gasteiger partial charge in [-0.3, -0.25) is 0 Å². The first-order chi connectivity index (χ1) is 10.9. The summed E-state index contributed by atoms with van der Waals surface area (Å²) in [4.78, 5) is 2.24. The van der Waals surface area contributed by atoms with E-state index < -0.39 is 6.10 Å². The van der Waals surface area contributed by atoms with Crippen LogP contribution in [0.3, 0.4) is 0 Å². The largest absolute Gasteiger partial charge is 0.491 e. The second kappa shape index (κ2) is 8.13. The maximum atomic E-state index is 10.3. The number of β-amino-alcohol motifs (C(OH)–C–C–N with tert-alkyl or cyclic N) is 1. The van der Waals surface area contributed by atoms with Gasteiger partial charge in [0.2, 0.25) is 0 Å². The Kier molecular flexibility index (Phi) is 6.45. The molecule has 0 spiro atoms. The number of para-hydroxylation sites is 1. The molecule has 0 bridgehead atoms. The van der Waals surface area contributed by atoms with Crippen LogP contribution in [0.15, 0.2) is 24.3 Å². The molecule has 2 N–H and O–H groups in total. The molecule has 0 radical (unpaired) electrons. The zero-order valence-electron chi connectivity index (χ0n) is 14.7. The Morgan fingerprint density at radius 2 is 2.04 bits per heavy atom. The van der Waals surface area contributed by atoms with E-state index in [4.69, 9.17) is 4.74 Å². The van der Waals surface area contributed by atoms with E-state index in [-0.39, 0.29) is 12.0 Å². The van der Waals surface area contributed by atoms with Crippen LogP contribution in [-0.4, -0.2) is 54.1 Å². The van der Waals surface area contributed by atoms with Crippen molar-refractivity contribution >= 4 is 0 Å². The van der Waals surface area contributed by atoms with Crippen molar-refractivity contribution in [1.82, 2.24) is 4.90 Å². The molecule has 0 saturated carbocycles. The molecule has 0 aliphatic carbocycles. The second-order valence-corrected chi connectivity index (χ2v) is 7.46. The minimum Gasteiger partial charge on any atom is -0.491 e. The third kappa shape index (κ3) is 5.20. The van der Waals surface area contributed by atoms with Gasteiger partial charge in [0, 0.05) is 25.1 Å². The number of hydrogen-bond donors (Lipinski definition) is 2. The van der Waals surface area contributed by atoms with Gasteiger partial charge in [0.1, 0.15) is 18.5 Å². The van der Waals surface area contributed by atoms with Crippen molar-refractivity contribution in [3.8, 4) is 5.75 Å². The van der Waals surface area contributed by atoms with Crippen LogP contribution in [0.1, 0.15) is 45.1 Å². The Labute approximate surface area is 140 Å². The molecule has 2 atom stereocenters. The van der Waals surface area contributed by atoms with Crippen LogP contribution in [0, 0.1) is 5.41 Å². The maximum absolute atomic E-state index is 10.3. The number of likely N-dealkylation sites (tertiary alicyclic amines) is 1. The van der Waals surface area contributed by atoms with Crippen molar-refractivity contribution < 1.29 is 14.9 Å². The molecular formula is C19H31NO3. The lowest BCUT2D eigenvalue weighted by atomic mass is 9.83. The Morgan fingerprint density at radius 3 is 2.74 bits per heavy atom. The summed E-state index contributed by atoms with van der Waals surface area (Å²) in [5, 5.41) is 19.8. The van der Waals surface area contributed by atoms with E-state index in [1.165, 1.54) is 5.56 Å². The smallest absolute Gasteiger partial charge is 0.122 e. The minimum absolute atomic E-state index is 0.0386. The lowest BCUT2D eigenvalue weighted by Crippen LogP contribution is -2.47. The highest BCUT2D eigenvalue weighted by molar-refractivity contribution is 5.35. The molecule has 23 heavy (non-hydrogen) atoms. The van der Waals surface area contributed by atoms with Crippen LogP contribution in [0.2, 0.25) is 0 Å². The Hall–Kier alpha value is -1.10. The fourth-order valence-electron chi connectivity index (χ4n) is 3.34. The summed E-state index contributed by atoms with van der Waals surface area (Å²) in [6, 6.07) is 8.02. The lowest BCUT2D eigenvalue weighted by Gasteiger charge is -2.40. The summed E-state index contributed by atoms with van der Waals surface area (Å²) in [6.45, 7) is 9.32. The van der Waals surface area contributed by atoms with Crippen molar-refractivity contribution in [2.24, 2.45) is 5.41 Å². The van der Waals surface area contributed by atoms with Crippen molar-refractivity contribution in [3.63, 3.8) is 0 Å². The molecule has 130 valence electrons. The molecular weight excluding hydrogens is 290 g/mol. The quantitative estimate of drug-likeness (QED) is 0.811. The maximum Gasteiger partial charge on any atom is 0.122 e. The van der Waals surface area contributed by atoms with Gasteiger partial charge in [-0.2, -0.15) is 0 Å². The topological polar surface area (TPSA) is 52.9 Å². The summed E-state index contributed by atoms with van der Waals surface area (Å²) in [7, 11) is 0. The molecule has 0 amide bonds. The summed E-state index contributed by atoms with van der Waals surface area (Å²) in [5.41, 5.74) is 1.13. The van der Waals surface area contributed by atoms with Crippen molar-refractivity contribution in [1.29, 1.82) is 0 Å². The third-order valence-corrected chi connectivity index (χ3v) is 4.68. The van der Waals surface area contributed by atoms with Crippen LogP contribution in [0.4, 0.5) is 0 Å². The zero-order valence-corrected chi connectivity index (χ0v) is 14.7. The molecule has 1 fully saturated rings. The van der Waals surface area contributed by atoms with Gasteiger partial charge in [0.15, 0.2) is 0 Å². The monoisotopic (exact) mass is 321 g/mol. The fraction of sp³-hybridized carbons (Fsp3) is 0.684. The van der Waals surface area contributed by atoms with Gasteiger partial charge in [0.05, 0.1) is 0 Å². The van der Waals surface area contributed by atoms with Crippen molar-refractivity contribution in [3.05, 3.63) is 29.8 Å². The number of aliphatic hydroxyl groups excluding tert-OH is 2. The fourth-order valence-corrected chi connectivity index (χ4v) is 3.34. The van der Waals surface area contributed by atoms with Gasteiger partial charge in [-0.25, -0.2) is 0 Å². The molecule has 1 heterocycles. The normalized spacial score (nSPS) is 23.9. The molecule has 2 rings (SSSR count). The van der Waals surface area contributed by atoms with Crippen LogP contribution < -0.4 is 4.74 Å². The summed E-state index contributed by atoms with van der Waals surface area (Å²) < 4.78 is 5.85. The summed E-state index contributed by atoms with van der Waals surface area (Å²) in [6.07, 6.45) is 1.60. The SMILES string of the molecule is CC(C)c1ccccc1OCC(O)CN1CCCC(C)(CO)C1. The highest BCUT2D eigenvalue weighted by atomic mass is 16.5. The average Bonchev–Trinajstić information content (AvgIpc) is 2.53. The lowest BCUT2D eigenvalue weighted by molar-refractivity contribution is 0.00993. The molecule has 4 heteroatoms. The summed E-state index contributed by atoms with van der Waals surface area (Å²) >= 11 is 0. The van der Waals surface area contributed by atoms with E-state index in [0.29, 0.717) is 19.1 Å². The first-order valence-electron chi connectivity index (χ1n) is 8.66. The molecule has 4 nitrogen and oxygen atoms in total. The van der Waals surface area contributed by atoms with Gasteiger partial charge in [-0.15, -0.1) is 0 Å². The van der Waals surface area contributed by atoms with Crippen LogP contribution >= 0.6 is 0 Å². The second-order valence-electron chi connectivity index (χ2n) is 7.46. The third-order valence-electron chi connectivity index (χ3n) is 4.68. The number of nitrogens with zero attached hydrogens (tertiary/aromatic N) is 1. The average molecular weight is 321 g/mol. The van der Waals surface area contributed by atoms with E-state index in [9.17, 15) is 10.2 Å².